The molecule has 0 spiro atoms. The molecule has 0 saturated carbocycles. The Morgan fingerprint density at radius 1 is 1.21 bits per heavy atom. The molecule has 2 aromatic carbocycles. The second-order valence-corrected chi connectivity index (χ2v) is 8.02. The van der Waals surface area contributed by atoms with Crippen LogP contribution in [0.3, 0.4) is 0 Å². The van der Waals surface area contributed by atoms with Gasteiger partial charge >= 0.3 is 0 Å². The number of nitrogens with zero attached hydrogens (tertiary/aromatic N) is 2. The average molecular weight is 389 g/mol. The van der Waals surface area contributed by atoms with Crippen molar-refractivity contribution in [1.82, 2.24) is 9.55 Å². The molecule has 150 valence electrons. The summed E-state index contributed by atoms with van der Waals surface area (Å²) in [6.45, 7) is 8.62. The Kier molecular flexibility index (Phi) is 5.14. The summed E-state index contributed by atoms with van der Waals surface area (Å²) in [5, 5.41) is 3.32. The van der Waals surface area contributed by atoms with Crippen LogP contribution in [-0.4, -0.2) is 21.9 Å². The number of ether oxygens (including phenoxy) is 1. The van der Waals surface area contributed by atoms with E-state index in [-0.39, 0.29) is 11.8 Å². The highest BCUT2D eigenvalue weighted by molar-refractivity contribution is 5.97. The minimum atomic E-state index is -0.246. The van der Waals surface area contributed by atoms with Crippen molar-refractivity contribution in [2.45, 2.75) is 40.2 Å². The first kappa shape index (κ1) is 19.2. The lowest BCUT2D eigenvalue weighted by Crippen LogP contribution is -2.27. The van der Waals surface area contributed by atoms with E-state index in [1.165, 1.54) is 0 Å². The third-order valence-electron chi connectivity index (χ3n) is 5.35. The number of Topliss-reactive ketones (excluding diaryl/α,β-unsaturated/α-hetero) is 1. The molecule has 4 rings (SSSR count). The average Bonchev–Trinajstić information content (AvgIpc) is 3.04. The quantitative estimate of drug-likeness (QED) is 0.618. The van der Waals surface area contributed by atoms with Crippen LogP contribution in [0.15, 0.2) is 59.8 Å². The molecule has 5 nitrogen and oxygen atoms in total. The number of fused-ring (bicyclic) bond motifs is 3. The summed E-state index contributed by atoms with van der Waals surface area (Å²) < 4.78 is 8.10. The van der Waals surface area contributed by atoms with Crippen LogP contribution in [0.4, 0.5) is 5.95 Å². The first-order valence-corrected chi connectivity index (χ1v) is 10.1. The molecule has 1 N–H and O–H groups in total. The second kappa shape index (κ2) is 7.74. The Hall–Kier alpha value is -3.08. The summed E-state index contributed by atoms with van der Waals surface area (Å²) >= 11 is 0. The van der Waals surface area contributed by atoms with Crippen LogP contribution in [0.5, 0.6) is 5.75 Å². The van der Waals surface area contributed by atoms with Gasteiger partial charge in [-0.3, -0.25) is 9.36 Å². The number of allylic oxidation sites excluding steroid dienone is 2. The van der Waals surface area contributed by atoms with Crippen LogP contribution < -0.4 is 10.1 Å². The van der Waals surface area contributed by atoms with Gasteiger partial charge in [0, 0.05) is 11.3 Å². The number of nitrogens with one attached hydrogen (secondary N) is 1. The van der Waals surface area contributed by atoms with Gasteiger partial charge in [0.1, 0.15) is 5.75 Å². The third-order valence-corrected chi connectivity index (χ3v) is 5.35. The molecule has 0 bridgehead atoms. The topological polar surface area (TPSA) is 56.2 Å². The predicted molar refractivity (Wildman–Crippen MR) is 116 cm³/mol. The van der Waals surface area contributed by atoms with E-state index in [1.807, 2.05) is 49.4 Å². The van der Waals surface area contributed by atoms with Crippen LogP contribution in [0, 0.1) is 5.92 Å². The van der Waals surface area contributed by atoms with Crippen molar-refractivity contribution in [3.63, 3.8) is 0 Å². The fraction of sp³-hybridized carbons (Fsp3) is 0.333. The summed E-state index contributed by atoms with van der Waals surface area (Å²) in [7, 11) is 0. The lowest BCUT2D eigenvalue weighted by Gasteiger charge is -2.30. The third kappa shape index (κ3) is 3.65. The maximum Gasteiger partial charge on any atom is 0.209 e. The fourth-order valence-corrected chi connectivity index (χ4v) is 3.92. The summed E-state index contributed by atoms with van der Waals surface area (Å²) in [6.07, 6.45) is 1.01. The number of ketones is 1. The first-order valence-electron chi connectivity index (χ1n) is 10.1. The molecule has 1 aliphatic rings. The smallest absolute Gasteiger partial charge is 0.209 e. The molecular weight excluding hydrogens is 362 g/mol. The number of para-hydroxylation sites is 2. The lowest BCUT2D eigenvalue weighted by molar-refractivity contribution is -0.114. The zero-order valence-electron chi connectivity index (χ0n) is 17.4. The van der Waals surface area contributed by atoms with Crippen molar-refractivity contribution in [3.8, 4) is 5.75 Å². The fourth-order valence-electron chi connectivity index (χ4n) is 3.92. The molecule has 0 aliphatic carbocycles. The van der Waals surface area contributed by atoms with Crippen molar-refractivity contribution >= 4 is 22.8 Å². The van der Waals surface area contributed by atoms with E-state index < -0.39 is 0 Å². The van der Waals surface area contributed by atoms with Gasteiger partial charge in [-0.05, 0) is 56.0 Å². The van der Waals surface area contributed by atoms with Gasteiger partial charge in [0.05, 0.1) is 23.7 Å². The van der Waals surface area contributed by atoms with Crippen molar-refractivity contribution in [2.24, 2.45) is 5.92 Å². The zero-order valence-corrected chi connectivity index (χ0v) is 17.4. The van der Waals surface area contributed by atoms with Crippen molar-refractivity contribution < 1.29 is 9.53 Å². The maximum atomic E-state index is 12.6. The Labute approximate surface area is 171 Å². The number of carbonyl (C=O) groups excluding carboxylic acids is 1. The van der Waals surface area contributed by atoms with Gasteiger partial charge in [-0.15, -0.1) is 0 Å². The van der Waals surface area contributed by atoms with Crippen molar-refractivity contribution in [1.29, 1.82) is 0 Å². The largest absolute Gasteiger partial charge is 0.494 e. The van der Waals surface area contributed by atoms with Gasteiger partial charge in [-0.1, -0.05) is 38.1 Å². The number of hydrogen-bond acceptors (Lipinski definition) is 4. The molecule has 0 unspecified atom stereocenters. The Balaban J connectivity index is 1.82. The van der Waals surface area contributed by atoms with E-state index in [2.05, 4.69) is 29.8 Å². The lowest BCUT2D eigenvalue weighted by atomic mass is 9.92. The SMILES string of the molecule is CC(=O)C1=C(C)Nc2nc3ccccc3n2[C@@H]1c1cccc(OCCC(C)C)c1. The summed E-state index contributed by atoms with van der Waals surface area (Å²) in [5.41, 5.74) is 4.51. The number of anilines is 1. The standard InChI is InChI=1S/C24H27N3O2/c1-15(2)12-13-29-19-9-7-8-18(14-19)23-22(17(4)28)16(3)25-24-26-20-10-5-6-11-21(20)27(23)24/h5-11,14-15,23H,12-13H2,1-4H3,(H,25,26)/t23-/m1/s1. The Morgan fingerprint density at radius 3 is 2.76 bits per heavy atom. The highest BCUT2D eigenvalue weighted by Gasteiger charge is 2.32. The van der Waals surface area contributed by atoms with Crippen LogP contribution in [0.2, 0.25) is 0 Å². The van der Waals surface area contributed by atoms with Gasteiger partial charge in [0.25, 0.3) is 0 Å². The van der Waals surface area contributed by atoms with Crippen LogP contribution in [0.1, 0.15) is 45.7 Å². The van der Waals surface area contributed by atoms with Crippen LogP contribution in [-0.2, 0) is 4.79 Å². The van der Waals surface area contributed by atoms with Crippen LogP contribution >= 0.6 is 0 Å². The second-order valence-electron chi connectivity index (χ2n) is 8.02. The molecular formula is C24H27N3O2. The molecule has 1 atom stereocenters. The van der Waals surface area contributed by atoms with Crippen molar-refractivity contribution in [2.75, 3.05) is 11.9 Å². The first-order chi connectivity index (χ1) is 14.0. The minimum absolute atomic E-state index is 0.0505. The van der Waals surface area contributed by atoms with E-state index >= 15 is 0 Å². The molecule has 3 aromatic rings. The molecule has 2 heterocycles. The Bertz CT molecular complexity index is 1090. The molecule has 5 heteroatoms. The van der Waals surface area contributed by atoms with Crippen molar-refractivity contribution in [3.05, 3.63) is 65.4 Å². The number of benzene rings is 2. The van der Waals surface area contributed by atoms with Gasteiger partial charge in [0.15, 0.2) is 5.78 Å². The van der Waals surface area contributed by atoms with E-state index in [1.54, 1.807) is 6.92 Å². The molecule has 29 heavy (non-hydrogen) atoms. The highest BCUT2D eigenvalue weighted by atomic mass is 16.5. The minimum Gasteiger partial charge on any atom is -0.494 e. The number of imidazole rings is 1. The monoisotopic (exact) mass is 389 g/mol. The maximum absolute atomic E-state index is 12.6. The molecule has 0 saturated heterocycles. The van der Waals surface area contributed by atoms with E-state index in [4.69, 9.17) is 9.72 Å². The summed E-state index contributed by atoms with van der Waals surface area (Å²) in [5.74, 6) is 2.23. The van der Waals surface area contributed by atoms with E-state index in [0.717, 1.165) is 46.0 Å². The van der Waals surface area contributed by atoms with Gasteiger partial charge in [-0.2, -0.15) is 0 Å². The molecule has 0 radical (unpaired) electrons. The zero-order chi connectivity index (χ0) is 20.5. The number of rotatable bonds is 6. The molecule has 1 aromatic heterocycles. The summed E-state index contributed by atoms with van der Waals surface area (Å²) in [6, 6.07) is 15.8. The van der Waals surface area contributed by atoms with Crippen LogP contribution in [0.25, 0.3) is 11.0 Å². The molecule has 0 amide bonds. The predicted octanol–water partition coefficient (Wildman–Crippen LogP) is 5.34. The van der Waals surface area contributed by atoms with Gasteiger partial charge < -0.3 is 10.1 Å². The summed E-state index contributed by atoms with van der Waals surface area (Å²) in [4.78, 5) is 17.4. The Morgan fingerprint density at radius 2 is 2.00 bits per heavy atom. The van der Waals surface area contributed by atoms with Gasteiger partial charge in [0.2, 0.25) is 5.95 Å². The van der Waals surface area contributed by atoms with E-state index in [0.29, 0.717) is 12.5 Å². The molecule has 0 fully saturated rings. The number of aromatic nitrogens is 2. The highest BCUT2D eigenvalue weighted by Crippen LogP contribution is 2.40. The number of carbonyl (C=O) groups is 1. The normalized spacial score (nSPS) is 16.1. The molecule has 1 aliphatic heterocycles. The van der Waals surface area contributed by atoms with Gasteiger partial charge in [-0.25, -0.2) is 4.98 Å². The van der Waals surface area contributed by atoms with E-state index in [9.17, 15) is 4.79 Å². The number of hydrogen-bond donors (Lipinski definition) is 1.